The Morgan fingerprint density at radius 1 is 1.89 bits per heavy atom. The summed E-state index contributed by atoms with van der Waals surface area (Å²) in [6, 6.07) is 0. The van der Waals surface area contributed by atoms with E-state index in [-0.39, 0.29) is 12.6 Å². The van der Waals surface area contributed by atoms with Crippen LogP contribution in [0, 0.1) is 0 Å². The first-order chi connectivity index (χ1) is 4.25. The van der Waals surface area contributed by atoms with E-state index in [0.29, 0.717) is 10.1 Å². The van der Waals surface area contributed by atoms with Crippen LogP contribution in [0.3, 0.4) is 0 Å². The largest absolute Gasteiger partial charge is 0.313 e. The van der Waals surface area contributed by atoms with Crippen LogP contribution in [0.4, 0.5) is 0 Å². The molecule has 1 rings (SSSR count). The molecule has 0 bridgehead atoms. The molecule has 0 unspecified atom stereocenters. The first-order valence-electron chi connectivity index (χ1n) is 2.43. The number of hydrogen-bond donors (Lipinski definition) is 1. The second-order valence-corrected chi connectivity index (χ2v) is 3.17. The maximum absolute atomic E-state index is 10.8. The predicted molar refractivity (Wildman–Crippen MR) is 41.0 cm³/mol. The Bertz CT molecular complexity index is 143. The molecule has 1 amide bonds. The molecule has 2 N–H and O–H groups in total. The minimum absolute atomic E-state index is 0.0208. The number of amides is 1. The van der Waals surface area contributed by atoms with Gasteiger partial charge in [0.2, 0.25) is 5.91 Å². The Morgan fingerprint density at radius 3 is 2.78 bits per heavy atom. The Kier molecular flexibility index (Phi) is 2.05. The molecule has 0 aliphatic carbocycles. The number of carbonyl (C=O) groups is 1. The topological polar surface area (TPSA) is 46.3 Å². The van der Waals surface area contributed by atoms with Crippen LogP contribution in [-0.4, -0.2) is 27.5 Å². The lowest BCUT2D eigenvalue weighted by Crippen LogP contribution is -2.33. The third-order valence-electron chi connectivity index (χ3n) is 1.02. The summed E-state index contributed by atoms with van der Waals surface area (Å²) in [7, 11) is 0. The van der Waals surface area contributed by atoms with Crippen molar-refractivity contribution in [1.29, 1.82) is 0 Å². The fourth-order valence-corrected chi connectivity index (χ4v) is 1.65. The molecule has 1 aliphatic heterocycles. The third-order valence-corrected chi connectivity index (χ3v) is 2.46. The third kappa shape index (κ3) is 1.23. The van der Waals surface area contributed by atoms with Gasteiger partial charge in [0.1, 0.15) is 4.32 Å². The Hall–Kier alpha value is -0.130. The number of nitrogens with zero attached hydrogens (tertiary/aromatic N) is 1. The predicted octanol–water partition coefficient (Wildman–Crippen LogP) is -0.237. The van der Waals surface area contributed by atoms with E-state index in [9.17, 15) is 4.79 Å². The summed E-state index contributed by atoms with van der Waals surface area (Å²) >= 11 is 6.17. The van der Waals surface area contributed by atoms with Gasteiger partial charge in [0.15, 0.2) is 0 Å². The van der Waals surface area contributed by atoms with Gasteiger partial charge in [-0.05, 0) is 0 Å². The van der Waals surface area contributed by atoms with Crippen LogP contribution >= 0.6 is 24.0 Å². The highest BCUT2D eigenvalue weighted by Crippen LogP contribution is 2.17. The Labute approximate surface area is 62.6 Å². The summed E-state index contributed by atoms with van der Waals surface area (Å²) < 4.78 is 0.600. The summed E-state index contributed by atoms with van der Waals surface area (Å²) in [4.78, 5) is 12.2. The average molecular weight is 162 g/mol. The number of rotatable bonds is 1. The van der Waals surface area contributed by atoms with Crippen molar-refractivity contribution in [2.24, 2.45) is 5.73 Å². The molecule has 0 radical (unpaired) electrons. The molecule has 0 spiro atoms. The van der Waals surface area contributed by atoms with E-state index in [1.54, 1.807) is 0 Å². The van der Waals surface area contributed by atoms with Crippen molar-refractivity contribution in [3.8, 4) is 0 Å². The summed E-state index contributed by atoms with van der Waals surface area (Å²) in [5, 5.41) is 0. The quantitative estimate of drug-likeness (QED) is 0.541. The van der Waals surface area contributed by atoms with Gasteiger partial charge in [0.05, 0.1) is 12.4 Å². The zero-order valence-electron chi connectivity index (χ0n) is 4.66. The van der Waals surface area contributed by atoms with E-state index in [1.165, 1.54) is 16.7 Å². The lowest BCUT2D eigenvalue weighted by molar-refractivity contribution is -0.123. The second kappa shape index (κ2) is 2.64. The molecule has 1 saturated heterocycles. The number of carbonyl (C=O) groups excluding carboxylic acids is 1. The molecule has 0 atom stereocenters. The maximum Gasteiger partial charge on any atom is 0.239 e. The van der Waals surface area contributed by atoms with E-state index in [0.717, 1.165) is 0 Å². The second-order valence-electron chi connectivity index (χ2n) is 1.56. The Morgan fingerprint density at radius 2 is 2.56 bits per heavy atom. The summed E-state index contributed by atoms with van der Waals surface area (Å²) in [5.74, 6) is 0.475. The molecule has 5 heteroatoms. The van der Waals surface area contributed by atoms with Gasteiger partial charge in [0.25, 0.3) is 0 Å². The van der Waals surface area contributed by atoms with Crippen LogP contribution in [0.25, 0.3) is 0 Å². The minimum Gasteiger partial charge on any atom is -0.313 e. The summed E-state index contributed by atoms with van der Waals surface area (Å²) in [5.41, 5.74) is 5.22. The van der Waals surface area contributed by atoms with Crippen molar-refractivity contribution in [1.82, 2.24) is 4.90 Å². The number of nitrogens with two attached hydrogens (primary N) is 1. The van der Waals surface area contributed by atoms with Crippen LogP contribution in [0.2, 0.25) is 0 Å². The highest BCUT2D eigenvalue weighted by Gasteiger charge is 2.24. The van der Waals surface area contributed by atoms with Crippen molar-refractivity contribution in [2.75, 3.05) is 12.4 Å². The number of hydrogen-bond acceptors (Lipinski definition) is 4. The van der Waals surface area contributed by atoms with Crippen LogP contribution in [-0.2, 0) is 4.79 Å². The van der Waals surface area contributed by atoms with Gasteiger partial charge >= 0.3 is 0 Å². The molecule has 1 heterocycles. The molecule has 1 aliphatic rings. The minimum atomic E-state index is 0.0208. The van der Waals surface area contributed by atoms with Gasteiger partial charge in [-0.3, -0.25) is 9.69 Å². The van der Waals surface area contributed by atoms with Gasteiger partial charge in [-0.15, -0.1) is 0 Å². The summed E-state index contributed by atoms with van der Waals surface area (Å²) in [6.07, 6.45) is 0. The van der Waals surface area contributed by atoms with Gasteiger partial charge in [-0.25, -0.2) is 0 Å². The highest BCUT2D eigenvalue weighted by atomic mass is 32.2. The van der Waals surface area contributed by atoms with Crippen molar-refractivity contribution in [2.45, 2.75) is 0 Å². The molecule has 1 fully saturated rings. The first-order valence-corrected chi connectivity index (χ1v) is 3.82. The standard InChI is InChI=1S/C4H6N2OS2/c5-2-6-3(7)1-9-4(6)8/h1-2,5H2. The summed E-state index contributed by atoms with van der Waals surface area (Å²) in [6.45, 7) is 0.213. The molecular weight excluding hydrogens is 156 g/mol. The van der Waals surface area contributed by atoms with E-state index >= 15 is 0 Å². The van der Waals surface area contributed by atoms with Crippen LogP contribution in [0.1, 0.15) is 0 Å². The molecule has 3 nitrogen and oxygen atoms in total. The zero-order valence-corrected chi connectivity index (χ0v) is 6.30. The van der Waals surface area contributed by atoms with Crippen molar-refractivity contribution in [3.05, 3.63) is 0 Å². The fourth-order valence-electron chi connectivity index (χ4n) is 0.557. The number of thioether (sulfide) groups is 1. The van der Waals surface area contributed by atoms with Gasteiger partial charge in [-0.2, -0.15) is 0 Å². The van der Waals surface area contributed by atoms with E-state index < -0.39 is 0 Å². The zero-order chi connectivity index (χ0) is 6.85. The molecular formula is C4H6N2OS2. The highest BCUT2D eigenvalue weighted by molar-refractivity contribution is 8.23. The van der Waals surface area contributed by atoms with Gasteiger partial charge in [0, 0.05) is 0 Å². The molecule has 0 aromatic rings. The SMILES string of the molecule is NCN1C(=O)CSC1=S. The van der Waals surface area contributed by atoms with E-state index in [1.807, 2.05) is 0 Å². The normalized spacial score (nSPS) is 19.4. The van der Waals surface area contributed by atoms with Crippen LogP contribution in [0.15, 0.2) is 0 Å². The van der Waals surface area contributed by atoms with E-state index in [2.05, 4.69) is 0 Å². The molecule has 0 aromatic heterocycles. The lowest BCUT2D eigenvalue weighted by atomic mass is 10.6. The monoisotopic (exact) mass is 162 g/mol. The molecule has 0 aromatic carbocycles. The van der Waals surface area contributed by atoms with E-state index in [4.69, 9.17) is 18.0 Å². The Balaban J connectivity index is 2.66. The first kappa shape index (κ1) is 6.98. The van der Waals surface area contributed by atoms with Crippen LogP contribution < -0.4 is 5.73 Å². The van der Waals surface area contributed by atoms with Crippen molar-refractivity contribution in [3.63, 3.8) is 0 Å². The number of thiocarbonyl (C=S) groups is 1. The lowest BCUT2D eigenvalue weighted by Gasteiger charge is -2.09. The van der Waals surface area contributed by atoms with Crippen molar-refractivity contribution >= 4 is 34.2 Å². The molecule has 0 saturated carbocycles. The smallest absolute Gasteiger partial charge is 0.239 e. The van der Waals surface area contributed by atoms with Crippen molar-refractivity contribution < 1.29 is 4.79 Å². The molecule has 9 heavy (non-hydrogen) atoms. The fraction of sp³-hybridized carbons (Fsp3) is 0.500. The van der Waals surface area contributed by atoms with Gasteiger partial charge < -0.3 is 5.73 Å². The van der Waals surface area contributed by atoms with Gasteiger partial charge in [-0.1, -0.05) is 24.0 Å². The average Bonchev–Trinajstić information content (AvgIpc) is 2.12. The maximum atomic E-state index is 10.8. The molecule has 50 valence electrons. The van der Waals surface area contributed by atoms with Crippen LogP contribution in [0.5, 0.6) is 0 Å².